The molecule has 0 radical (unpaired) electrons. The van der Waals surface area contributed by atoms with Gasteiger partial charge in [0.1, 0.15) is 5.75 Å². The lowest BCUT2D eigenvalue weighted by atomic mass is 10.0. The predicted molar refractivity (Wildman–Crippen MR) is 223 cm³/mol. The minimum absolute atomic E-state index is 0.214. The van der Waals surface area contributed by atoms with Crippen LogP contribution in [0.3, 0.4) is 0 Å². The highest BCUT2D eigenvalue weighted by Gasteiger charge is 2.19. The van der Waals surface area contributed by atoms with E-state index in [-0.39, 0.29) is 12.8 Å². The Hall–Kier alpha value is -7.58. The third-order valence-electron chi connectivity index (χ3n) is 9.86. The Morgan fingerprint density at radius 3 is 1.12 bits per heavy atom. The van der Waals surface area contributed by atoms with E-state index in [1.165, 1.54) is 0 Å². The molecule has 8 bridgehead atoms. The molecule has 0 aliphatic carbocycles. The number of aromatic amines is 2. The van der Waals surface area contributed by atoms with E-state index in [2.05, 4.69) is 82.8 Å². The van der Waals surface area contributed by atoms with Crippen LogP contribution in [0.25, 0.3) is 90.9 Å². The van der Waals surface area contributed by atoms with Gasteiger partial charge in [-0.3, -0.25) is 9.59 Å². The van der Waals surface area contributed by atoms with Crippen molar-refractivity contribution in [3.8, 4) is 50.3 Å². The maximum atomic E-state index is 12.3. The van der Waals surface area contributed by atoms with Crippen molar-refractivity contribution in [1.29, 1.82) is 0 Å². The van der Waals surface area contributed by atoms with Crippen molar-refractivity contribution in [3.05, 3.63) is 162 Å². The van der Waals surface area contributed by atoms with Crippen LogP contribution in [0.4, 0.5) is 0 Å². The highest BCUT2D eigenvalue weighted by Crippen LogP contribution is 2.38. The van der Waals surface area contributed by atoms with Crippen LogP contribution in [0.15, 0.2) is 140 Å². The fraction of sp³-hybridized carbons (Fsp3) is 0.0417. The van der Waals surface area contributed by atoms with Gasteiger partial charge in [-0.1, -0.05) is 103 Å². The number of benzene rings is 4. The van der Waals surface area contributed by atoms with E-state index in [4.69, 9.17) is 19.8 Å². The fourth-order valence-electron chi connectivity index (χ4n) is 7.32. The van der Waals surface area contributed by atoms with Crippen molar-refractivity contribution in [2.45, 2.75) is 12.8 Å². The summed E-state index contributed by atoms with van der Waals surface area (Å²) in [6.45, 7) is 0. The average molecular weight is 731 g/mol. The van der Waals surface area contributed by atoms with E-state index in [9.17, 15) is 9.59 Å². The molecule has 3 aromatic heterocycles. The third-order valence-corrected chi connectivity index (χ3v) is 9.86. The van der Waals surface area contributed by atoms with E-state index in [0.717, 1.165) is 89.4 Å². The monoisotopic (exact) mass is 730 g/mol. The van der Waals surface area contributed by atoms with Gasteiger partial charge in [0.05, 0.1) is 35.6 Å². The molecule has 5 heterocycles. The van der Waals surface area contributed by atoms with Crippen molar-refractivity contribution in [3.63, 3.8) is 0 Å². The summed E-state index contributed by atoms with van der Waals surface area (Å²) in [5.41, 5.74) is 14.5. The minimum Gasteiger partial charge on any atom is -0.481 e. The van der Waals surface area contributed by atoms with E-state index in [0.29, 0.717) is 5.75 Å². The van der Waals surface area contributed by atoms with E-state index >= 15 is 0 Å². The summed E-state index contributed by atoms with van der Waals surface area (Å²) in [6, 6.07) is 46.4. The second-order valence-corrected chi connectivity index (χ2v) is 13.5. The number of fused-ring (bicyclic) bond motifs is 8. The van der Waals surface area contributed by atoms with E-state index in [1.807, 2.05) is 78.9 Å². The van der Waals surface area contributed by atoms with Gasteiger partial charge < -0.3 is 19.8 Å². The lowest BCUT2D eigenvalue weighted by molar-refractivity contribution is -0.142. The molecule has 3 N–H and O–H groups in total. The Balaban J connectivity index is 1.35. The summed E-state index contributed by atoms with van der Waals surface area (Å²) < 4.78 is 5.46. The standard InChI is InChI=1S/C48H34N4O4/c53-43(54)28-29-44(55)56-34-18-16-33(17-19-34)48-41-26-24-39(51-41)46(31-12-6-2-7-13-31)37-22-20-35(49-37)45(30-10-4-1-5-11-30)36-21-23-38(50-36)47(32-14-8-3-9-15-32)40-25-27-42(48)52-40/h1-27,49,52H,28-29H2,(H,53,54). The van der Waals surface area contributed by atoms with Crippen molar-refractivity contribution in [2.24, 2.45) is 0 Å². The van der Waals surface area contributed by atoms with Gasteiger partial charge in [0, 0.05) is 44.3 Å². The van der Waals surface area contributed by atoms with Gasteiger partial charge in [-0.25, -0.2) is 9.97 Å². The smallest absolute Gasteiger partial charge is 0.311 e. The number of aliphatic carboxylic acids is 1. The largest absolute Gasteiger partial charge is 0.481 e. The van der Waals surface area contributed by atoms with Crippen LogP contribution in [0, 0.1) is 0 Å². The highest BCUT2D eigenvalue weighted by molar-refractivity contribution is 5.99. The summed E-state index contributed by atoms with van der Waals surface area (Å²) in [5, 5.41) is 8.99. The predicted octanol–water partition coefficient (Wildman–Crippen LogP) is 11.1. The first-order valence-electron chi connectivity index (χ1n) is 18.3. The van der Waals surface area contributed by atoms with Gasteiger partial charge in [0.15, 0.2) is 0 Å². The molecule has 0 saturated heterocycles. The van der Waals surface area contributed by atoms with Gasteiger partial charge in [0.2, 0.25) is 0 Å². The highest BCUT2D eigenvalue weighted by atomic mass is 16.5. The topological polar surface area (TPSA) is 121 Å². The molecule has 4 aromatic carbocycles. The summed E-state index contributed by atoms with van der Waals surface area (Å²) in [7, 11) is 0. The molecule has 0 fully saturated rings. The molecular weight excluding hydrogens is 697 g/mol. The van der Waals surface area contributed by atoms with Gasteiger partial charge in [0.25, 0.3) is 0 Å². The lowest BCUT2D eigenvalue weighted by Gasteiger charge is -2.08. The molecule has 2 aliphatic rings. The molecule has 0 spiro atoms. The molecule has 0 unspecified atom stereocenters. The minimum atomic E-state index is -1.05. The number of rotatable bonds is 8. The maximum absolute atomic E-state index is 12.3. The quantitative estimate of drug-likeness (QED) is 0.106. The lowest BCUT2D eigenvalue weighted by Crippen LogP contribution is -2.10. The number of carboxylic acids is 1. The zero-order valence-corrected chi connectivity index (χ0v) is 30.1. The van der Waals surface area contributed by atoms with Gasteiger partial charge >= 0.3 is 11.9 Å². The number of carbonyl (C=O) groups excluding carboxylic acids is 1. The molecule has 0 saturated carbocycles. The first-order chi connectivity index (χ1) is 27.5. The fourth-order valence-corrected chi connectivity index (χ4v) is 7.32. The van der Waals surface area contributed by atoms with Crippen LogP contribution in [0.1, 0.15) is 35.6 Å². The number of esters is 1. The Morgan fingerprint density at radius 2 is 0.786 bits per heavy atom. The van der Waals surface area contributed by atoms with Crippen molar-refractivity contribution in [1.82, 2.24) is 19.9 Å². The van der Waals surface area contributed by atoms with Gasteiger partial charge in [-0.05, 0) is 83.0 Å². The number of H-pyrrole nitrogens is 2. The molecule has 0 amide bonds. The van der Waals surface area contributed by atoms with Crippen molar-refractivity contribution < 1.29 is 19.4 Å². The Kier molecular flexibility index (Phi) is 8.97. The zero-order chi connectivity index (χ0) is 38.0. The first-order valence-corrected chi connectivity index (χ1v) is 18.3. The number of nitrogens with one attached hydrogen (secondary N) is 2. The first kappa shape index (κ1) is 34.2. The summed E-state index contributed by atoms with van der Waals surface area (Å²) in [6.07, 6.45) is 7.74. The van der Waals surface area contributed by atoms with Crippen LogP contribution >= 0.6 is 0 Å². The number of aromatic nitrogens is 4. The van der Waals surface area contributed by atoms with Crippen LogP contribution < -0.4 is 4.74 Å². The van der Waals surface area contributed by atoms with Gasteiger partial charge in [-0.15, -0.1) is 0 Å². The molecule has 0 atom stereocenters. The van der Waals surface area contributed by atoms with Gasteiger partial charge in [-0.2, -0.15) is 0 Å². The summed E-state index contributed by atoms with van der Waals surface area (Å²) in [4.78, 5) is 41.5. The van der Waals surface area contributed by atoms with Crippen LogP contribution in [-0.4, -0.2) is 37.0 Å². The molecule has 270 valence electrons. The molecule has 2 aliphatic heterocycles. The third kappa shape index (κ3) is 6.71. The van der Waals surface area contributed by atoms with Crippen molar-refractivity contribution >= 4 is 58.3 Å². The number of hydrogen-bond donors (Lipinski definition) is 3. The Bertz CT molecular complexity index is 2820. The number of ether oxygens (including phenoxy) is 1. The molecule has 9 rings (SSSR count). The molecule has 7 aromatic rings. The Labute approximate surface area is 322 Å². The maximum Gasteiger partial charge on any atom is 0.311 e. The molecule has 8 nitrogen and oxygen atoms in total. The van der Waals surface area contributed by atoms with Crippen molar-refractivity contribution in [2.75, 3.05) is 0 Å². The van der Waals surface area contributed by atoms with E-state index in [1.54, 1.807) is 12.1 Å². The Morgan fingerprint density at radius 1 is 0.446 bits per heavy atom. The molecule has 56 heavy (non-hydrogen) atoms. The molecular formula is C48H34N4O4. The number of nitrogens with zero attached hydrogens (tertiary/aromatic N) is 2. The van der Waals surface area contributed by atoms with Crippen LogP contribution in [0.2, 0.25) is 0 Å². The molecule has 8 heteroatoms. The van der Waals surface area contributed by atoms with E-state index < -0.39 is 11.9 Å². The SMILES string of the molecule is O=C(O)CCC(=O)Oc1ccc(-c2c3nc(c(-c4ccccc4)c4ccc([nH]4)c(-c4ccccc4)c4nc(c(-c5ccccc5)c5ccc2[nH]5)C=C4)C=C3)cc1. The number of carboxylic acid groups (broad SMARTS) is 1. The van der Waals surface area contributed by atoms with Crippen LogP contribution in [0.5, 0.6) is 5.75 Å². The normalized spacial score (nSPS) is 11.8. The zero-order valence-electron chi connectivity index (χ0n) is 30.1. The second-order valence-electron chi connectivity index (χ2n) is 13.5. The van der Waals surface area contributed by atoms with Crippen LogP contribution in [-0.2, 0) is 9.59 Å². The summed E-state index contributed by atoms with van der Waals surface area (Å²) >= 11 is 0. The average Bonchev–Trinajstić information content (AvgIpc) is 4.07. The summed E-state index contributed by atoms with van der Waals surface area (Å²) in [5.74, 6) is -1.33. The number of carbonyl (C=O) groups is 2. The number of hydrogen-bond acceptors (Lipinski definition) is 5. The second kappa shape index (κ2) is 14.7.